The fourth-order valence-electron chi connectivity index (χ4n) is 2.38. The van der Waals surface area contributed by atoms with Crippen molar-refractivity contribution in [3.05, 3.63) is 28.2 Å². The highest BCUT2D eigenvalue weighted by Gasteiger charge is 2.23. The third-order valence-corrected chi connectivity index (χ3v) is 6.05. The van der Waals surface area contributed by atoms with Crippen molar-refractivity contribution in [2.24, 2.45) is 0 Å². The molecular weight excluding hydrogens is 345 g/mol. The summed E-state index contributed by atoms with van der Waals surface area (Å²) in [5, 5.41) is 0.515. The topological polar surface area (TPSA) is 52.7 Å². The van der Waals surface area contributed by atoms with Gasteiger partial charge < -0.3 is 4.90 Å². The van der Waals surface area contributed by atoms with Gasteiger partial charge in [0.05, 0.1) is 5.02 Å². The zero-order valence-electron chi connectivity index (χ0n) is 12.7. The Balaban J connectivity index is 1.99. The Morgan fingerprint density at radius 1 is 1.23 bits per heavy atom. The van der Waals surface area contributed by atoms with Crippen LogP contribution in [0.5, 0.6) is 0 Å². The predicted molar refractivity (Wildman–Crippen MR) is 90.2 cm³/mol. The zero-order valence-corrected chi connectivity index (χ0v) is 15.0. The van der Waals surface area contributed by atoms with E-state index in [0.717, 1.165) is 26.2 Å². The molecule has 124 valence electrons. The number of halogens is 2. The van der Waals surface area contributed by atoms with Gasteiger partial charge in [-0.05, 0) is 32.2 Å². The molecule has 1 heterocycles. The third kappa shape index (κ3) is 4.57. The second-order valence-electron chi connectivity index (χ2n) is 5.61. The summed E-state index contributed by atoms with van der Waals surface area (Å²) in [6.45, 7) is 6.24. The molecule has 0 radical (unpaired) electrons. The quantitative estimate of drug-likeness (QED) is 0.865. The summed E-state index contributed by atoms with van der Waals surface area (Å²) < 4.78 is 27.4. The molecule has 0 saturated carbocycles. The number of hydrogen-bond donors (Lipinski definition) is 1. The van der Waals surface area contributed by atoms with Gasteiger partial charge in [-0.1, -0.05) is 23.2 Å². The minimum absolute atomic E-state index is 0.0206. The molecule has 1 aliphatic rings. The molecule has 1 saturated heterocycles. The first-order chi connectivity index (χ1) is 10.3. The minimum Gasteiger partial charge on any atom is -0.304 e. The van der Waals surface area contributed by atoms with Gasteiger partial charge in [-0.3, -0.25) is 4.90 Å². The van der Waals surface area contributed by atoms with Crippen LogP contribution in [0.15, 0.2) is 23.1 Å². The molecule has 0 bridgehead atoms. The number of hydrogen-bond acceptors (Lipinski definition) is 4. The Kier molecular flexibility index (Phi) is 6.10. The SMILES string of the molecule is C[C@H](CNS(=O)(=O)c1cc(Cl)ccc1Cl)N1CCN(C)CC1. The molecule has 1 fully saturated rings. The summed E-state index contributed by atoms with van der Waals surface area (Å²) in [7, 11) is -1.57. The van der Waals surface area contributed by atoms with Gasteiger partial charge in [-0.2, -0.15) is 0 Å². The second-order valence-corrected chi connectivity index (χ2v) is 8.19. The van der Waals surface area contributed by atoms with E-state index < -0.39 is 10.0 Å². The van der Waals surface area contributed by atoms with Crippen LogP contribution in [0.2, 0.25) is 10.0 Å². The van der Waals surface area contributed by atoms with Crippen LogP contribution < -0.4 is 4.72 Å². The van der Waals surface area contributed by atoms with Gasteiger partial charge in [0.1, 0.15) is 4.90 Å². The zero-order chi connectivity index (χ0) is 16.3. The Bertz CT molecular complexity index is 617. The van der Waals surface area contributed by atoms with E-state index in [4.69, 9.17) is 23.2 Å². The highest BCUT2D eigenvalue weighted by atomic mass is 35.5. The lowest BCUT2D eigenvalue weighted by Gasteiger charge is -2.36. The number of benzene rings is 1. The molecule has 0 aliphatic carbocycles. The van der Waals surface area contributed by atoms with Gasteiger partial charge in [-0.15, -0.1) is 0 Å². The highest BCUT2D eigenvalue weighted by Crippen LogP contribution is 2.24. The van der Waals surface area contributed by atoms with Crippen molar-refractivity contribution >= 4 is 33.2 Å². The number of sulfonamides is 1. The normalized spacial score (nSPS) is 19.3. The van der Waals surface area contributed by atoms with Crippen LogP contribution in [0.3, 0.4) is 0 Å². The van der Waals surface area contributed by atoms with Crippen molar-refractivity contribution in [2.75, 3.05) is 39.8 Å². The molecule has 1 N–H and O–H groups in total. The molecule has 5 nitrogen and oxygen atoms in total. The van der Waals surface area contributed by atoms with Crippen molar-refractivity contribution in [1.82, 2.24) is 14.5 Å². The van der Waals surface area contributed by atoms with Crippen molar-refractivity contribution in [1.29, 1.82) is 0 Å². The lowest BCUT2D eigenvalue weighted by atomic mass is 10.2. The number of rotatable bonds is 5. The average molecular weight is 366 g/mol. The van der Waals surface area contributed by atoms with Gasteiger partial charge >= 0.3 is 0 Å². The molecule has 1 atom stereocenters. The van der Waals surface area contributed by atoms with Crippen LogP contribution in [-0.4, -0.2) is 64.0 Å². The maximum Gasteiger partial charge on any atom is 0.242 e. The molecule has 22 heavy (non-hydrogen) atoms. The van der Waals surface area contributed by atoms with Gasteiger partial charge in [0, 0.05) is 43.8 Å². The molecule has 0 spiro atoms. The summed E-state index contributed by atoms with van der Waals surface area (Å²) in [5.74, 6) is 0. The molecule has 0 aromatic heterocycles. The van der Waals surface area contributed by atoms with E-state index in [2.05, 4.69) is 21.6 Å². The summed E-state index contributed by atoms with van der Waals surface area (Å²) in [5.41, 5.74) is 0. The summed E-state index contributed by atoms with van der Waals surface area (Å²) in [6.07, 6.45) is 0. The molecule has 2 rings (SSSR count). The van der Waals surface area contributed by atoms with Crippen molar-refractivity contribution in [3.8, 4) is 0 Å². The van der Waals surface area contributed by atoms with Crippen molar-refractivity contribution < 1.29 is 8.42 Å². The van der Waals surface area contributed by atoms with Crippen molar-refractivity contribution in [3.63, 3.8) is 0 Å². The van der Waals surface area contributed by atoms with Crippen LogP contribution in [0.25, 0.3) is 0 Å². The van der Waals surface area contributed by atoms with Crippen molar-refractivity contribution in [2.45, 2.75) is 17.9 Å². The first-order valence-corrected chi connectivity index (χ1v) is 9.41. The number of piperazine rings is 1. The summed E-state index contributed by atoms with van der Waals surface area (Å²) >= 11 is 11.8. The lowest BCUT2D eigenvalue weighted by molar-refractivity contribution is 0.120. The Hall–Kier alpha value is -0.370. The Morgan fingerprint density at radius 3 is 2.50 bits per heavy atom. The Morgan fingerprint density at radius 2 is 1.86 bits per heavy atom. The standard InChI is InChI=1S/C14H21Cl2N3O2S/c1-11(19-7-5-18(2)6-8-19)10-17-22(20,21)14-9-12(15)3-4-13(14)16/h3-4,9,11,17H,5-8,10H2,1-2H3/t11-/m1/s1. The highest BCUT2D eigenvalue weighted by molar-refractivity contribution is 7.89. The van der Waals surface area contributed by atoms with E-state index in [9.17, 15) is 8.42 Å². The van der Waals surface area contributed by atoms with Gasteiger partial charge in [-0.25, -0.2) is 13.1 Å². The third-order valence-electron chi connectivity index (χ3n) is 3.91. The average Bonchev–Trinajstić information content (AvgIpc) is 2.48. The van der Waals surface area contributed by atoms with E-state index in [1.807, 2.05) is 6.92 Å². The van der Waals surface area contributed by atoms with E-state index in [1.54, 1.807) is 6.07 Å². The van der Waals surface area contributed by atoms with Crippen LogP contribution in [0.1, 0.15) is 6.92 Å². The van der Waals surface area contributed by atoms with Crippen LogP contribution in [0.4, 0.5) is 0 Å². The van der Waals surface area contributed by atoms with Gasteiger partial charge in [0.15, 0.2) is 0 Å². The molecule has 1 aromatic carbocycles. The monoisotopic (exact) mass is 365 g/mol. The summed E-state index contributed by atoms with van der Waals surface area (Å²) in [4.78, 5) is 4.56. The van der Waals surface area contributed by atoms with Crippen LogP contribution in [-0.2, 0) is 10.0 Å². The number of nitrogens with zero attached hydrogens (tertiary/aromatic N) is 2. The van der Waals surface area contributed by atoms with Crippen LogP contribution in [0, 0.1) is 0 Å². The van der Waals surface area contributed by atoms with E-state index >= 15 is 0 Å². The molecule has 0 amide bonds. The van der Waals surface area contributed by atoms with Gasteiger partial charge in [0.2, 0.25) is 10.0 Å². The number of nitrogens with one attached hydrogen (secondary N) is 1. The molecular formula is C14H21Cl2N3O2S. The largest absolute Gasteiger partial charge is 0.304 e. The maximum atomic E-state index is 12.4. The first kappa shape index (κ1) is 18.0. The Labute approximate surface area is 142 Å². The van der Waals surface area contributed by atoms with Crippen LogP contribution >= 0.6 is 23.2 Å². The molecule has 1 aliphatic heterocycles. The summed E-state index contributed by atoms with van der Waals surface area (Å²) in [6, 6.07) is 4.55. The van der Waals surface area contributed by atoms with E-state index in [0.29, 0.717) is 11.6 Å². The minimum atomic E-state index is -3.66. The number of likely N-dealkylation sites (N-methyl/N-ethyl adjacent to an activating group) is 1. The van der Waals surface area contributed by atoms with E-state index in [-0.39, 0.29) is 16.0 Å². The van der Waals surface area contributed by atoms with E-state index in [1.165, 1.54) is 12.1 Å². The molecule has 1 aromatic rings. The molecule has 0 unspecified atom stereocenters. The maximum absolute atomic E-state index is 12.4. The lowest BCUT2D eigenvalue weighted by Crippen LogP contribution is -2.51. The second kappa shape index (κ2) is 7.47. The smallest absolute Gasteiger partial charge is 0.242 e. The molecule has 8 heteroatoms. The fourth-order valence-corrected chi connectivity index (χ4v) is 4.27. The van der Waals surface area contributed by atoms with Gasteiger partial charge in [0.25, 0.3) is 0 Å². The predicted octanol–water partition coefficient (Wildman–Crippen LogP) is 1.91. The fraction of sp³-hybridized carbons (Fsp3) is 0.571. The first-order valence-electron chi connectivity index (χ1n) is 7.17.